The molecule has 59 heavy (non-hydrogen) atoms. The normalized spacial score (nSPS) is 10.8. The monoisotopic (exact) mass is 767 g/mol. The van der Waals surface area contributed by atoms with Crippen molar-refractivity contribution in [3.63, 3.8) is 0 Å². The average molecular weight is 768 g/mol. The van der Waals surface area contributed by atoms with Gasteiger partial charge in [0.1, 0.15) is 0 Å². The Kier molecular flexibility index (Phi) is 11.5. The van der Waals surface area contributed by atoms with Gasteiger partial charge in [0.05, 0.1) is 0 Å². The van der Waals surface area contributed by atoms with E-state index in [1.165, 1.54) is 5.56 Å². The van der Waals surface area contributed by atoms with Crippen LogP contribution in [0.5, 0.6) is 0 Å². The highest BCUT2D eigenvalue weighted by molar-refractivity contribution is 5.98. The minimum atomic E-state index is 0.0463. The van der Waals surface area contributed by atoms with Crippen LogP contribution in [0.1, 0.15) is 45.2 Å². The van der Waals surface area contributed by atoms with Gasteiger partial charge in [0.15, 0.2) is 11.6 Å². The molecule has 0 unspecified atom stereocenters. The maximum atomic E-state index is 13.7. The molecule has 8 aromatic rings. The molecule has 0 amide bonds. The van der Waals surface area contributed by atoms with Crippen LogP contribution < -0.4 is 14.7 Å². The van der Waals surface area contributed by atoms with E-state index in [9.17, 15) is 9.59 Å². The topological polar surface area (TPSA) is 43.9 Å². The van der Waals surface area contributed by atoms with Gasteiger partial charge in [-0.05, 0) is 146 Å². The zero-order valence-corrected chi connectivity index (χ0v) is 33.3. The number of aryl methyl sites for hydroxylation is 1. The maximum Gasteiger partial charge on any atom is 0.167 e. The summed E-state index contributed by atoms with van der Waals surface area (Å²) in [6.45, 7) is 3.98. The zero-order valence-electron chi connectivity index (χ0n) is 33.3. The lowest BCUT2D eigenvalue weighted by Gasteiger charge is -2.28. The summed E-state index contributed by atoms with van der Waals surface area (Å²) in [5, 5.41) is 0. The number of hydrogen-bond donors (Lipinski definition) is 0. The standard InChI is InChI=1S/C54H45N3O2/c1-3-53(58)42-23-31-49(32-24-42)57(46-17-11-6-12-18-46)50-33-25-43(26-34-50)54(59)39-41-21-29-48(30-22-41)56(45-15-9-5-10-16-45)52-37-35-51(36-38-52)55(44-13-7-4-8-14-44)47-27-19-40(2)20-28-47/h4-38H,3,39H2,1-2H3. The summed E-state index contributed by atoms with van der Waals surface area (Å²) in [7, 11) is 0. The molecular formula is C54H45N3O2. The third-order valence-corrected chi connectivity index (χ3v) is 10.5. The second-order valence-corrected chi connectivity index (χ2v) is 14.5. The van der Waals surface area contributed by atoms with E-state index in [2.05, 4.69) is 119 Å². The maximum absolute atomic E-state index is 13.7. The van der Waals surface area contributed by atoms with Crippen LogP contribution in [-0.2, 0) is 6.42 Å². The number of benzene rings is 8. The van der Waals surface area contributed by atoms with Gasteiger partial charge in [-0.15, -0.1) is 0 Å². The lowest BCUT2D eigenvalue weighted by atomic mass is 10.0. The summed E-state index contributed by atoms with van der Waals surface area (Å²) in [5.74, 6) is 0.161. The van der Waals surface area contributed by atoms with Crippen LogP contribution in [-0.4, -0.2) is 11.6 Å². The predicted molar refractivity (Wildman–Crippen MR) is 244 cm³/mol. The summed E-state index contributed by atoms with van der Waals surface area (Å²) < 4.78 is 0. The SMILES string of the molecule is CCC(=O)c1ccc(N(c2ccccc2)c2ccc(C(=O)Cc3ccc(N(c4ccccc4)c4ccc(N(c5ccccc5)c5ccc(C)cc5)cc4)cc3)cc2)cc1. The Hall–Kier alpha value is -7.50. The first kappa shape index (κ1) is 38.4. The van der Waals surface area contributed by atoms with E-state index in [4.69, 9.17) is 0 Å². The van der Waals surface area contributed by atoms with Crippen LogP contribution in [0.4, 0.5) is 51.2 Å². The molecule has 8 rings (SSSR count). The smallest absolute Gasteiger partial charge is 0.167 e. The van der Waals surface area contributed by atoms with E-state index in [0.717, 1.165) is 56.7 Å². The number of hydrogen-bond acceptors (Lipinski definition) is 5. The molecule has 0 fully saturated rings. The van der Waals surface area contributed by atoms with E-state index in [1.54, 1.807) is 0 Å². The first-order valence-electron chi connectivity index (χ1n) is 20.0. The van der Waals surface area contributed by atoms with Crippen LogP contribution in [0.3, 0.4) is 0 Å². The van der Waals surface area contributed by atoms with Gasteiger partial charge in [-0.3, -0.25) is 9.59 Å². The quantitative estimate of drug-likeness (QED) is 0.103. The Morgan fingerprint density at radius 3 is 0.949 bits per heavy atom. The molecule has 8 aromatic carbocycles. The molecule has 0 aliphatic rings. The van der Waals surface area contributed by atoms with Gasteiger partial charge in [-0.25, -0.2) is 0 Å². The number of carbonyl (C=O) groups is 2. The Morgan fingerprint density at radius 1 is 0.339 bits per heavy atom. The number of Topliss-reactive ketones (excluding diaryl/α,β-unsaturated/α-hetero) is 2. The molecule has 0 aliphatic heterocycles. The van der Waals surface area contributed by atoms with E-state index >= 15 is 0 Å². The van der Waals surface area contributed by atoms with Crippen LogP contribution in [0, 0.1) is 6.92 Å². The second-order valence-electron chi connectivity index (χ2n) is 14.5. The highest BCUT2D eigenvalue weighted by atomic mass is 16.1. The average Bonchev–Trinajstić information content (AvgIpc) is 3.30. The Bertz CT molecular complexity index is 2610. The summed E-state index contributed by atoms with van der Waals surface area (Å²) in [5.41, 5.74) is 12.6. The second kappa shape index (κ2) is 17.7. The van der Waals surface area contributed by atoms with Crippen molar-refractivity contribution < 1.29 is 9.59 Å². The molecule has 0 saturated heterocycles. The van der Waals surface area contributed by atoms with E-state index < -0.39 is 0 Å². The number of para-hydroxylation sites is 3. The van der Waals surface area contributed by atoms with Gasteiger partial charge in [-0.1, -0.05) is 91.3 Å². The van der Waals surface area contributed by atoms with Crippen molar-refractivity contribution in [1.29, 1.82) is 0 Å². The predicted octanol–water partition coefficient (Wildman–Crippen LogP) is 14.4. The van der Waals surface area contributed by atoms with Crippen molar-refractivity contribution in [2.75, 3.05) is 14.7 Å². The van der Waals surface area contributed by atoms with Crippen molar-refractivity contribution in [3.05, 3.63) is 235 Å². The molecule has 0 radical (unpaired) electrons. The van der Waals surface area contributed by atoms with Gasteiger partial charge in [-0.2, -0.15) is 0 Å². The van der Waals surface area contributed by atoms with E-state index in [1.807, 2.05) is 122 Å². The largest absolute Gasteiger partial charge is 0.311 e. The molecule has 0 N–H and O–H groups in total. The molecule has 0 atom stereocenters. The van der Waals surface area contributed by atoms with Crippen molar-refractivity contribution in [3.8, 4) is 0 Å². The Balaban J connectivity index is 1.02. The molecule has 0 spiro atoms. The van der Waals surface area contributed by atoms with Crippen LogP contribution in [0.15, 0.2) is 212 Å². The Labute approximate surface area is 347 Å². The number of anilines is 9. The number of carbonyl (C=O) groups excluding carboxylic acids is 2. The van der Waals surface area contributed by atoms with Crippen molar-refractivity contribution in [2.24, 2.45) is 0 Å². The minimum absolute atomic E-state index is 0.0463. The molecule has 0 aromatic heterocycles. The molecular weight excluding hydrogens is 723 g/mol. The van der Waals surface area contributed by atoms with Crippen LogP contribution in [0.25, 0.3) is 0 Å². The lowest BCUT2D eigenvalue weighted by Crippen LogP contribution is -2.12. The summed E-state index contributed by atoms with van der Waals surface area (Å²) in [6, 6.07) is 71.9. The molecule has 5 nitrogen and oxygen atoms in total. The van der Waals surface area contributed by atoms with Gasteiger partial charge >= 0.3 is 0 Å². The van der Waals surface area contributed by atoms with E-state index in [0.29, 0.717) is 17.5 Å². The van der Waals surface area contributed by atoms with E-state index in [-0.39, 0.29) is 18.0 Å². The third kappa shape index (κ3) is 8.75. The molecule has 288 valence electrons. The first-order valence-corrected chi connectivity index (χ1v) is 20.0. The first-order chi connectivity index (χ1) is 28.9. The fourth-order valence-corrected chi connectivity index (χ4v) is 7.36. The fourth-order valence-electron chi connectivity index (χ4n) is 7.36. The van der Waals surface area contributed by atoms with Crippen molar-refractivity contribution in [2.45, 2.75) is 26.7 Å². The van der Waals surface area contributed by atoms with Crippen LogP contribution in [0.2, 0.25) is 0 Å². The number of rotatable bonds is 14. The third-order valence-electron chi connectivity index (χ3n) is 10.5. The highest BCUT2D eigenvalue weighted by Gasteiger charge is 2.18. The van der Waals surface area contributed by atoms with Gasteiger partial charge in [0, 0.05) is 75.2 Å². The molecule has 0 aliphatic carbocycles. The molecule has 5 heteroatoms. The summed E-state index contributed by atoms with van der Waals surface area (Å²) >= 11 is 0. The summed E-state index contributed by atoms with van der Waals surface area (Å²) in [6.07, 6.45) is 0.746. The fraction of sp³-hybridized carbons (Fsp3) is 0.0741. The van der Waals surface area contributed by atoms with Gasteiger partial charge < -0.3 is 14.7 Å². The zero-order chi connectivity index (χ0) is 40.6. The van der Waals surface area contributed by atoms with Gasteiger partial charge in [0.2, 0.25) is 0 Å². The summed E-state index contributed by atoms with van der Waals surface area (Å²) in [4.78, 5) is 32.6. The van der Waals surface area contributed by atoms with Crippen LogP contribution >= 0.6 is 0 Å². The highest BCUT2D eigenvalue weighted by Crippen LogP contribution is 2.39. The molecule has 0 heterocycles. The lowest BCUT2D eigenvalue weighted by molar-refractivity contribution is 0.0982. The molecule has 0 saturated carbocycles. The minimum Gasteiger partial charge on any atom is -0.311 e. The molecule has 0 bridgehead atoms. The number of nitrogens with zero attached hydrogens (tertiary/aromatic N) is 3. The van der Waals surface area contributed by atoms with Crippen molar-refractivity contribution >= 4 is 62.8 Å². The van der Waals surface area contributed by atoms with Crippen molar-refractivity contribution in [1.82, 2.24) is 0 Å². The number of ketones is 2. The van der Waals surface area contributed by atoms with Gasteiger partial charge in [0.25, 0.3) is 0 Å². The Morgan fingerprint density at radius 2 is 0.610 bits per heavy atom.